The van der Waals surface area contributed by atoms with Crippen molar-refractivity contribution in [3.8, 4) is 11.1 Å². The molecule has 0 aliphatic carbocycles. The quantitative estimate of drug-likeness (QED) is 0.759. The lowest BCUT2D eigenvalue weighted by molar-refractivity contribution is 1.60. The van der Waals surface area contributed by atoms with E-state index in [4.69, 9.17) is 34.7 Å². The molecule has 0 amide bonds. The summed E-state index contributed by atoms with van der Waals surface area (Å²) in [6.45, 7) is 0. The minimum absolute atomic E-state index is 0.560. The van der Waals surface area contributed by atoms with Gasteiger partial charge in [-0.25, -0.2) is 0 Å². The van der Waals surface area contributed by atoms with Gasteiger partial charge < -0.3 is 11.5 Å². The van der Waals surface area contributed by atoms with E-state index in [0.717, 1.165) is 11.1 Å². The van der Waals surface area contributed by atoms with Crippen LogP contribution in [-0.4, -0.2) is 0 Å². The monoisotopic (exact) mass is 252 g/mol. The Labute approximate surface area is 104 Å². The first-order chi connectivity index (χ1) is 7.58. The average molecular weight is 253 g/mol. The molecule has 0 fully saturated rings. The average Bonchev–Trinajstić information content (AvgIpc) is 2.22. The fourth-order valence-corrected chi connectivity index (χ4v) is 2.03. The van der Waals surface area contributed by atoms with E-state index in [1.54, 1.807) is 30.3 Å². The summed E-state index contributed by atoms with van der Waals surface area (Å²) in [7, 11) is 0. The number of halogens is 2. The largest absolute Gasteiger partial charge is 0.399 e. The highest BCUT2D eigenvalue weighted by atomic mass is 35.5. The summed E-state index contributed by atoms with van der Waals surface area (Å²) in [6, 6.07) is 10.6. The maximum absolute atomic E-state index is 6.11. The fraction of sp³-hybridized carbons (Fsp3) is 0. The predicted octanol–water partition coefficient (Wildman–Crippen LogP) is 3.82. The van der Waals surface area contributed by atoms with Gasteiger partial charge in [-0.05, 0) is 30.3 Å². The van der Waals surface area contributed by atoms with Crippen LogP contribution in [0.25, 0.3) is 11.1 Å². The molecular weight excluding hydrogens is 243 g/mol. The molecule has 0 spiro atoms. The summed E-state index contributed by atoms with van der Waals surface area (Å²) in [4.78, 5) is 0. The van der Waals surface area contributed by atoms with Crippen molar-refractivity contribution in [2.75, 3.05) is 11.5 Å². The van der Waals surface area contributed by atoms with Gasteiger partial charge in [0.15, 0.2) is 0 Å². The zero-order chi connectivity index (χ0) is 11.7. The molecule has 4 N–H and O–H groups in total. The van der Waals surface area contributed by atoms with E-state index in [9.17, 15) is 0 Å². The van der Waals surface area contributed by atoms with Crippen molar-refractivity contribution >= 4 is 34.6 Å². The summed E-state index contributed by atoms with van der Waals surface area (Å²) in [5.41, 5.74) is 14.5. The van der Waals surface area contributed by atoms with Crippen LogP contribution in [0.3, 0.4) is 0 Å². The lowest BCUT2D eigenvalue weighted by atomic mass is 10.0. The molecule has 2 aromatic carbocycles. The van der Waals surface area contributed by atoms with Gasteiger partial charge in [0.2, 0.25) is 0 Å². The molecule has 0 saturated carbocycles. The number of nitrogen functional groups attached to an aromatic ring is 2. The number of nitrogens with two attached hydrogens (primary N) is 2. The van der Waals surface area contributed by atoms with Crippen LogP contribution in [0.15, 0.2) is 36.4 Å². The Bertz CT molecular complexity index is 539. The molecule has 0 heterocycles. The minimum Gasteiger partial charge on any atom is -0.399 e. The van der Waals surface area contributed by atoms with Crippen LogP contribution in [0, 0.1) is 0 Å². The number of rotatable bonds is 1. The van der Waals surface area contributed by atoms with Gasteiger partial charge in [0.25, 0.3) is 0 Å². The smallest absolute Gasteiger partial charge is 0.0499 e. The molecule has 0 aromatic heterocycles. The number of hydrogen-bond donors (Lipinski definition) is 2. The summed E-state index contributed by atoms with van der Waals surface area (Å²) in [6.07, 6.45) is 0. The SMILES string of the molecule is Nc1ccc(N)c(-c2ccc(Cl)cc2Cl)c1. The first-order valence-electron chi connectivity index (χ1n) is 4.68. The van der Waals surface area contributed by atoms with Crippen LogP contribution in [0.2, 0.25) is 10.0 Å². The zero-order valence-electron chi connectivity index (χ0n) is 8.37. The van der Waals surface area contributed by atoms with Gasteiger partial charge in [0.05, 0.1) is 0 Å². The van der Waals surface area contributed by atoms with E-state index in [2.05, 4.69) is 0 Å². The van der Waals surface area contributed by atoms with Crippen LogP contribution in [0.5, 0.6) is 0 Å². The van der Waals surface area contributed by atoms with Crippen LogP contribution in [0.4, 0.5) is 11.4 Å². The summed E-state index contributed by atoms with van der Waals surface area (Å²) >= 11 is 11.9. The van der Waals surface area contributed by atoms with Gasteiger partial charge in [0.1, 0.15) is 0 Å². The van der Waals surface area contributed by atoms with E-state index in [1.807, 2.05) is 6.07 Å². The van der Waals surface area contributed by atoms with Gasteiger partial charge in [-0.2, -0.15) is 0 Å². The Morgan fingerprint density at radius 2 is 1.56 bits per heavy atom. The number of anilines is 2. The Morgan fingerprint density at radius 3 is 2.25 bits per heavy atom. The van der Waals surface area contributed by atoms with Crippen molar-refractivity contribution in [3.05, 3.63) is 46.4 Å². The zero-order valence-corrected chi connectivity index (χ0v) is 9.89. The van der Waals surface area contributed by atoms with Crippen LogP contribution < -0.4 is 11.5 Å². The maximum atomic E-state index is 6.11. The number of benzene rings is 2. The third-order valence-corrected chi connectivity index (χ3v) is 2.85. The third kappa shape index (κ3) is 2.08. The van der Waals surface area contributed by atoms with Gasteiger partial charge in [-0.15, -0.1) is 0 Å². The number of hydrogen-bond acceptors (Lipinski definition) is 2. The van der Waals surface area contributed by atoms with Crippen molar-refractivity contribution in [1.82, 2.24) is 0 Å². The predicted molar refractivity (Wildman–Crippen MR) is 70.7 cm³/mol. The van der Waals surface area contributed by atoms with Crippen molar-refractivity contribution in [3.63, 3.8) is 0 Å². The maximum Gasteiger partial charge on any atom is 0.0499 e. The van der Waals surface area contributed by atoms with Crippen molar-refractivity contribution in [2.45, 2.75) is 0 Å². The molecule has 2 nitrogen and oxygen atoms in total. The lowest BCUT2D eigenvalue weighted by Gasteiger charge is -2.09. The summed E-state index contributed by atoms with van der Waals surface area (Å²) < 4.78 is 0. The normalized spacial score (nSPS) is 10.4. The Morgan fingerprint density at radius 1 is 0.812 bits per heavy atom. The molecule has 0 atom stereocenters. The first-order valence-corrected chi connectivity index (χ1v) is 5.44. The molecule has 2 rings (SSSR count). The highest BCUT2D eigenvalue weighted by Crippen LogP contribution is 2.34. The molecular formula is C12H10Cl2N2. The lowest BCUT2D eigenvalue weighted by Crippen LogP contribution is -1.93. The third-order valence-electron chi connectivity index (χ3n) is 2.30. The van der Waals surface area contributed by atoms with Crippen LogP contribution >= 0.6 is 23.2 Å². The molecule has 0 bridgehead atoms. The second-order valence-corrected chi connectivity index (χ2v) is 4.31. The van der Waals surface area contributed by atoms with Gasteiger partial charge >= 0.3 is 0 Å². The van der Waals surface area contributed by atoms with E-state index in [1.165, 1.54) is 0 Å². The molecule has 0 radical (unpaired) electrons. The molecule has 16 heavy (non-hydrogen) atoms. The first kappa shape index (κ1) is 11.1. The topological polar surface area (TPSA) is 52.0 Å². The highest BCUT2D eigenvalue weighted by Gasteiger charge is 2.07. The fourth-order valence-electron chi connectivity index (χ4n) is 1.52. The minimum atomic E-state index is 0.560. The van der Waals surface area contributed by atoms with E-state index >= 15 is 0 Å². The van der Waals surface area contributed by atoms with Crippen molar-refractivity contribution in [2.24, 2.45) is 0 Å². The van der Waals surface area contributed by atoms with Gasteiger partial charge in [-0.1, -0.05) is 29.3 Å². The van der Waals surface area contributed by atoms with Crippen LogP contribution in [0.1, 0.15) is 0 Å². The summed E-state index contributed by atoms with van der Waals surface area (Å²) in [5.74, 6) is 0. The summed E-state index contributed by atoms with van der Waals surface area (Å²) in [5, 5.41) is 1.15. The Kier molecular flexibility index (Phi) is 2.95. The second-order valence-electron chi connectivity index (χ2n) is 3.47. The van der Waals surface area contributed by atoms with Gasteiger partial charge in [0, 0.05) is 32.5 Å². The molecule has 0 saturated heterocycles. The van der Waals surface area contributed by atoms with E-state index in [0.29, 0.717) is 21.4 Å². The molecule has 0 unspecified atom stereocenters. The van der Waals surface area contributed by atoms with Crippen molar-refractivity contribution < 1.29 is 0 Å². The van der Waals surface area contributed by atoms with E-state index in [-0.39, 0.29) is 0 Å². The second kappa shape index (κ2) is 4.24. The molecule has 2 aromatic rings. The van der Waals surface area contributed by atoms with Gasteiger partial charge in [-0.3, -0.25) is 0 Å². The molecule has 82 valence electrons. The molecule has 4 heteroatoms. The molecule has 0 aliphatic rings. The highest BCUT2D eigenvalue weighted by molar-refractivity contribution is 6.36. The van der Waals surface area contributed by atoms with Crippen molar-refractivity contribution in [1.29, 1.82) is 0 Å². The van der Waals surface area contributed by atoms with Crippen LogP contribution in [-0.2, 0) is 0 Å². The Balaban J connectivity index is 2.62. The Hall–Kier alpha value is -1.38. The molecule has 0 aliphatic heterocycles. The van der Waals surface area contributed by atoms with E-state index < -0.39 is 0 Å². The standard InChI is InChI=1S/C12H10Cl2N2/c13-7-1-3-9(11(14)5-7)10-6-8(15)2-4-12(10)16/h1-6H,15-16H2.